The van der Waals surface area contributed by atoms with Gasteiger partial charge in [0.25, 0.3) is 5.91 Å². The highest BCUT2D eigenvalue weighted by molar-refractivity contribution is 6.01. The Labute approximate surface area is 310 Å². The Balaban J connectivity index is 1.21. The zero-order valence-corrected chi connectivity index (χ0v) is 30.2. The minimum atomic E-state index is -1.26. The summed E-state index contributed by atoms with van der Waals surface area (Å²) in [7, 11) is 0. The van der Waals surface area contributed by atoms with Gasteiger partial charge in [-0.25, -0.2) is 0 Å². The molecular weight excluding hydrogens is 672 g/mol. The topological polar surface area (TPSA) is 158 Å². The van der Waals surface area contributed by atoms with Gasteiger partial charge in [-0.05, 0) is 74.0 Å². The summed E-state index contributed by atoms with van der Waals surface area (Å²) in [5, 5.41) is 14.5. The minimum Gasteiger partial charge on any atom is -0.493 e. The number of carbonyl (C=O) groups excluding carboxylic acids is 5. The first kappa shape index (κ1) is 37.5. The number of nitrogens with zero attached hydrogens (tertiary/aromatic N) is 1. The molecule has 1 saturated carbocycles. The second kappa shape index (κ2) is 18.0. The van der Waals surface area contributed by atoms with Crippen LogP contribution < -0.4 is 31.3 Å². The van der Waals surface area contributed by atoms with E-state index in [0.29, 0.717) is 37.9 Å². The minimum absolute atomic E-state index is 0.201. The molecule has 3 aliphatic rings. The fourth-order valence-electron chi connectivity index (χ4n) is 7.33. The monoisotopic (exact) mass is 722 g/mol. The molecule has 5 amide bonds. The average Bonchev–Trinajstić information content (AvgIpc) is 3.87. The molecule has 2 atom stereocenters. The van der Waals surface area contributed by atoms with Gasteiger partial charge in [-0.15, -0.1) is 0 Å². The molecule has 1 spiro atoms. The Morgan fingerprint density at radius 3 is 2.25 bits per heavy atom. The summed E-state index contributed by atoms with van der Waals surface area (Å²) in [6, 6.07) is 22.1. The van der Waals surface area contributed by atoms with E-state index in [2.05, 4.69) is 43.6 Å². The first-order chi connectivity index (χ1) is 25.8. The predicted octanol–water partition coefficient (Wildman–Crippen LogP) is 3.14. The number of para-hydroxylation sites is 1. The molecule has 280 valence electrons. The lowest BCUT2D eigenvalue weighted by atomic mass is 9.94. The molecule has 0 aromatic heterocycles. The molecule has 2 fully saturated rings. The van der Waals surface area contributed by atoms with Crippen molar-refractivity contribution in [3.8, 4) is 5.75 Å². The van der Waals surface area contributed by atoms with Crippen molar-refractivity contribution in [2.24, 2.45) is 0 Å². The average molecular weight is 723 g/mol. The summed E-state index contributed by atoms with van der Waals surface area (Å²) in [5.41, 5.74) is 1.91. The number of rotatable bonds is 7. The standard InChI is InChI=1S/C41H50N6O6/c48-36-26-34(39(51)43-27-30-15-17-31(18-16-30)28-47-22-8-9-23-47)44-37(49)32-13-4-5-14-35(32)53-24-10-21-42-38(50)33(25-29-11-2-1-3-12-29)45-40(52)41(46-36)19-6-7-20-41/h1-5,11-18,33-34H,6-10,19-28H2,(H,42,50)(H,43,51)(H,44,49)(H,45,52)(H,46,48)/t33-,34-/m0/s1. The van der Waals surface area contributed by atoms with Crippen LogP contribution in [0.4, 0.5) is 0 Å². The molecule has 6 rings (SSSR count). The summed E-state index contributed by atoms with van der Waals surface area (Å²) in [6.45, 7) is 3.78. The van der Waals surface area contributed by atoms with Gasteiger partial charge in [0, 0.05) is 26.1 Å². The third-order valence-corrected chi connectivity index (χ3v) is 10.3. The summed E-state index contributed by atoms with van der Waals surface area (Å²) >= 11 is 0. The van der Waals surface area contributed by atoms with E-state index in [0.717, 1.165) is 30.8 Å². The van der Waals surface area contributed by atoms with Gasteiger partial charge in [0.15, 0.2) is 0 Å². The van der Waals surface area contributed by atoms with Crippen LogP contribution in [0.2, 0.25) is 0 Å². The Morgan fingerprint density at radius 2 is 1.49 bits per heavy atom. The van der Waals surface area contributed by atoms with Crippen LogP contribution in [0.1, 0.15) is 78.4 Å². The molecule has 5 N–H and O–H groups in total. The third-order valence-electron chi connectivity index (χ3n) is 10.3. The van der Waals surface area contributed by atoms with Crippen LogP contribution >= 0.6 is 0 Å². The summed E-state index contributed by atoms with van der Waals surface area (Å²) in [4.78, 5) is 71.2. The molecule has 0 radical (unpaired) electrons. The van der Waals surface area contributed by atoms with Gasteiger partial charge in [0.2, 0.25) is 23.6 Å². The number of hydrogen-bond donors (Lipinski definition) is 5. The highest BCUT2D eigenvalue weighted by Gasteiger charge is 2.44. The molecular formula is C41H50N6O6. The summed E-state index contributed by atoms with van der Waals surface area (Å²) < 4.78 is 5.95. The lowest BCUT2D eigenvalue weighted by molar-refractivity contribution is -0.136. The van der Waals surface area contributed by atoms with Crippen LogP contribution in [-0.2, 0) is 38.7 Å². The number of amides is 5. The lowest BCUT2D eigenvalue weighted by Crippen LogP contribution is -2.62. The van der Waals surface area contributed by atoms with Crippen molar-refractivity contribution in [3.05, 3.63) is 101 Å². The number of nitrogens with one attached hydrogen (secondary N) is 5. The number of ether oxygens (including phenoxy) is 1. The van der Waals surface area contributed by atoms with Gasteiger partial charge >= 0.3 is 0 Å². The van der Waals surface area contributed by atoms with Gasteiger partial charge in [0.05, 0.1) is 18.6 Å². The van der Waals surface area contributed by atoms with Crippen molar-refractivity contribution >= 4 is 29.5 Å². The molecule has 12 heteroatoms. The van der Waals surface area contributed by atoms with E-state index in [4.69, 9.17) is 4.74 Å². The van der Waals surface area contributed by atoms with Crippen molar-refractivity contribution in [2.45, 2.75) is 88.5 Å². The van der Waals surface area contributed by atoms with Crippen LogP contribution in [-0.4, -0.2) is 78.3 Å². The molecule has 3 aromatic rings. The molecule has 53 heavy (non-hydrogen) atoms. The molecule has 12 nitrogen and oxygen atoms in total. The molecule has 0 bridgehead atoms. The number of carbonyl (C=O) groups is 5. The molecule has 1 saturated heterocycles. The van der Waals surface area contributed by atoms with Crippen LogP contribution in [0, 0.1) is 0 Å². The summed E-state index contributed by atoms with van der Waals surface area (Å²) in [5.74, 6) is -2.16. The Kier molecular flexibility index (Phi) is 12.7. The number of fused-ring (bicyclic) bond motifs is 1. The van der Waals surface area contributed by atoms with E-state index in [9.17, 15) is 24.0 Å². The van der Waals surface area contributed by atoms with Gasteiger partial charge in [0.1, 0.15) is 23.4 Å². The van der Waals surface area contributed by atoms with E-state index < -0.39 is 47.7 Å². The number of hydrogen-bond acceptors (Lipinski definition) is 7. The van der Waals surface area contributed by atoms with Crippen molar-refractivity contribution in [3.63, 3.8) is 0 Å². The second-order valence-corrected chi connectivity index (χ2v) is 14.3. The van der Waals surface area contributed by atoms with Gasteiger partial charge < -0.3 is 31.3 Å². The number of benzene rings is 3. The van der Waals surface area contributed by atoms with Crippen molar-refractivity contribution in [1.29, 1.82) is 0 Å². The maximum absolute atomic E-state index is 14.0. The molecule has 2 heterocycles. The highest BCUT2D eigenvalue weighted by Crippen LogP contribution is 2.30. The fraction of sp³-hybridized carbons (Fsp3) is 0.439. The normalized spacial score (nSPS) is 21.6. The first-order valence-corrected chi connectivity index (χ1v) is 18.8. The highest BCUT2D eigenvalue weighted by atomic mass is 16.5. The maximum atomic E-state index is 14.0. The van der Waals surface area contributed by atoms with Crippen molar-refractivity contribution < 1.29 is 28.7 Å². The first-order valence-electron chi connectivity index (χ1n) is 18.8. The Morgan fingerprint density at radius 1 is 0.792 bits per heavy atom. The summed E-state index contributed by atoms with van der Waals surface area (Å²) in [6.07, 6.45) is 4.92. The predicted molar refractivity (Wildman–Crippen MR) is 200 cm³/mol. The van der Waals surface area contributed by atoms with E-state index in [1.54, 1.807) is 24.3 Å². The lowest BCUT2D eigenvalue weighted by Gasteiger charge is -2.32. The van der Waals surface area contributed by atoms with E-state index in [1.165, 1.54) is 18.4 Å². The van der Waals surface area contributed by atoms with Crippen LogP contribution in [0.5, 0.6) is 5.75 Å². The van der Waals surface area contributed by atoms with Gasteiger partial charge in [-0.2, -0.15) is 0 Å². The van der Waals surface area contributed by atoms with Crippen LogP contribution in [0.3, 0.4) is 0 Å². The van der Waals surface area contributed by atoms with Gasteiger partial charge in [-0.1, -0.05) is 79.6 Å². The SMILES string of the molecule is O=C1C[C@@H](C(=O)NCc2ccc(CN3CCCC3)cc2)NC(=O)c2ccccc2OCCCNC(=O)[C@H](Cc2ccccc2)NC(=O)C2(CCCC2)N1. The smallest absolute Gasteiger partial charge is 0.255 e. The van der Waals surface area contributed by atoms with E-state index in [1.807, 2.05) is 42.5 Å². The largest absolute Gasteiger partial charge is 0.493 e. The molecule has 0 unspecified atom stereocenters. The second-order valence-electron chi connectivity index (χ2n) is 14.3. The van der Waals surface area contributed by atoms with Crippen molar-refractivity contribution in [2.75, 3.05) is 26.2 Å². The van der Waals surface area contributed by atoms with E-state index >= 15 is 0 Å². The Bertz CT molecular complexity index is 1740. The third kappa shape index (κ3) is 10.2. The van der Waals surface area contributed by atoms with Crippen LogP contribution in [0.15, 0.2) is 78.9 Å². The zero-order valence-electron chi connectivity index (χ0n) is 30.2. The number of likely N-dealkylation sites (tertiary alicyclic amines) is 1. The quantitative estimate of drug-likeness (QED) is 0.251. The fourth-order valence-corrected chi connectivity index (χ4v) is 7.33. The van der Waals surface area contributed by atoms with Crippen LogP contribution in [0.25, 0.3) is 0 Å². The molecule has 2 aliphatic heterocycles. The van der Waals surface area contributed by atoms with Gasteiger partial charge in [-0.3, -0.25) is 28.9 Å². The molecule has 1 aliphatic carbocycles. The van der Waals surface area contributed by atoms with E-state index in [-0.39, 0.29) is 37.6 Å². The zero-order chi connectivity index (χ0) is 37.0. The Hall–Kier alpha value is -5.23. The molecule has 3 aromatic carbocycles. The maximum Gasteiger partial charge on any atom is 0.255 e. The van der Waals surface area contributed by atoms with Crippen molar-refractivity contribution in [1.82, 2.24) is 31.5 Å².